The molecular weight excluding hydrogens is 659 g/mol. The zero-order chi connectivity index (χ0) is 35.0. The fraction of sp³-hybridized carbons (Fsp3) is 0.447. The van der Waals surface area contributed by atoms with E-state index in [9.17, 15) is 14.3 Å². The van der Waals surface area contributed by atoms with Crippen molar-refractivity contribution in [3.8, 4) is 23.0 Å². The van der Waals surface area contributed by atoms with Gasteiger partial charge in [0.2, 0.25) is 0 Å². The summed E-state index contributed by atoms with van der Waals surface area (Å²) < 4.78 is 54.4. The minimum Gasteiger partial charge on any atom is -0.508 e. The van der Waals surface area contributed by atoms with Gasteiger partial charge in [-0.25, -0.2) is 17.9 Å². The van der Waals surface area contributed by atoms with Crippen molar-refractivity contribution in [3.63, 3.8) is 0 Å². The quantitative estimate of drug-likeness (QED) is 0.208. The minimum atomic E-state index is -0.941. The second kappa shape index (κ2) is 12.2. The van der Waals surface area contributed by atoms with Crippen LogP contribution in [0, 0.1) is 29.4 Å². The third-order valence-corrected chi connectivity index (χ3v) is 11.8. The van der Waals surface area contributed by atoms with Crippen molar-refractivity contribution < 1.29 is 27.8 Å². The van der Waals surface area contributed by atoms with Gasteiger partial charge in [-0.1, -0.05) is 13.0 Å². The number of hydrogen-bond donors (Lipinski definition) is 1. The summed E-state index contributed by atoms with van der Waals surface area (Å²) >= 11 is 0. The van der Waals surface area contributed by atoms with E-state index in [0.717, 1.165) is 32.2 Å². The van der Waals surface area contributed by atoms with E-state index in [2.05, 4.69) is 24.9 Å². The Morgan fingerprint density at radius 1 is 1.12 bits per heavy atom. The van der Waals surface area contributed by atoms with Gasteiger partial charge in [0, 0.05) is 56.1 Å². The molecule has 0 spiro atoms. The highest BCUT2D eigenvalue weighted by Crippen LogP contribution is 2.46. The van der Waals surface area contributed by atoms with Gasteiger partial charge < -0.3 is 14.7 Å². The number of alkyl halides is 1. The maximum absolute atomic E-state index is 17.1. The van der Waals surface area contributed by atoms with Crippen LogP contribution in [-0.2, 0) is 6.42 Å². The molecule has 9 rings (SSSR count). The van der Waals surface area contributed by atoms with Gasteiger partial charge in [-0.2, -0.15) is 15.1 Å². The highest BCUT2D eigenvalue weighted by Gasteiger charge is 2.50. The van der Waals surface area contributed by atoms with Gasteiger partial charge in [-0.3, -0.25) is 14.7 Å². The van der Waals surface area contributed by atoms with Crippen LogP contribution in [0.3, 0.4) is 0 Å². The molecule has 13 heteroatoms. The largest absolute Gasteiger partial charge is 0.508 e. The number of piperidine rings is 1. The van der Waals surface area contributed by atoms with E-state index in [0.29, 0.717) is 60.0 Å². The van der Waals surface area contributed by atoms with Crippen LogP contribution in [0.2, 0.25) is 0 Å². The van der Waals surface area contributed by atoms with Crippen LogP contribution >= 0.6 is 0 Å². The van der Waals surface area contributed by atoms with Crippen LogP contribution in [0.15, 0.2) is 48.9 Å². The Hall–Kier alpha value is -4.78. The Labute approximate surface area is 292 Å². The number of halogens is 3. The molecule has 3 aromatic heterocycles. The number of fused-ring (bicyclic) bond motifs is 5. The monoisotopic (exact) mass is 697 g/mol. The minimum absolute atomic E-state index is 0.0228. The molecule has 5 aromatic rings. The van der Waals surface area contributed by atoms with Gasteiger partial charge in [0.1, 0.15) is 41.4 Å². The summed E-state index contributed by atoms with van der Waals surface area (Å²) in [5, 5.41) is 16.2. The van der Waals surface area contributed by atoms with Crippen molar-refractivity contribution in [2.45, 2.75) is 57.2 Å². The van der Waals surface area contributed by atoms with E-state index in [-0.39, 0.29) is 58.8 Å². The topological polar surface area (TPSA) is 110 Å². The van der Waals surface area contributed by atoms with Gasteiger partial charge in [-0.15, -0.1) is 0 Å². The summed E-state index contributed by atoms with van der Waals surface area (Å²) in [6, 6.07) is 7.54. The van der Waals surface area contributed by atoms with Crippen molar-refractivity contribution in [3.05, 3.63) is 66.1 Å². The number of aryl methyl sites for hydroxylation is 1. The van der Waals surface area contributed by atoms with E-state index >= 15 is 8.78 Å². The van der Waals surface area contributed by atoms with E-state index in [1.165, 1.54) is 29.1 Å². The summed E-state index contributed by atoms with van der Waals surface area (Å²) in [5.41, 5.74) is 0.0656. The van der Waals surface area contributed by atoms with Crippen molar-refractivity contribution in [2.24, 2.45) is 17.8 Å². The van der Waals surface area contributed by atoms with Crippen LogP contribution in [0.25, 0.3) is 32.9 Å². The first kappa shape index (κ1) is 32.1. The summed E-state index contributed by atoms with van der Waals surface area (Å²) in [5.74, 6) is -0.968. The summed E-state index contributed by atoms with van der Waals surface area (Å²) in [4.78, 5) is 31.7. The second-order valence-corrected chi connectivity index (χ2v) is 14.7. The maximum atomic E-state index is 17.1. The number of phenols is 1. The Bertz CT molecular complexity index is 2170. The molecule has 1 saturated carbocycles. The first-order valence-corrected chi connectivity index (χ1v) is 17.8. The standard InChI is InChI=1S/C38H38F3N7O3/c1-2-26-29(40)8-7-21-13-25(49)14-27(31(21)26)33-32(41)34-28(16-42-33)35(45-37(44-34)51-20-38-9-3-11-47(38)19-24(39)15-38)46-17-22-5-6-23(18-46)30(22)36(50)48-12-4-10-43-48/h4,7-8,10,12-14,16,22-24,30,49H,2-3,5-6,9,11,15,17-20H2,1H3/t22-,23+,24-,30?,38+/m1/s1. The number of anilines is 1. The number of carbonyl (C=O) groups is 1. The Balaban J connectivity index is 1.15. The number of rotatable bonds is 7. The molecule has 2 aromatic carbocycles. The van der Waals surface area contributed by atoms with Gasteiger partial charge in [-0.05, 0) is 91.1 Å². The molecule has 1 N–H and O–H groups in total. The number of aromatic hydroxyl groups is 1. The predicted molar refractivity (Wildman–Crippen MR) is 185 cm³/mol. The highest BCUT2D eigenvalue weighted by atomic mass is 19.1. The van der Waals surface area contributed by atoms with Gasteiger partial charge in [0.15, 0.2) is 5.82 Å². The lowest BCUT2D eigenvalue weighted by atomic mass is 9.84. The van der Waals surface area contributed by atoms with Crippen LogP contribution in [0.1, 0.15) is 49.4 Å². The summed E-state index contributed by atoms with van der Waals surface area (Å²) in [6.45, 7) is 4.18. The number of benzene rings is 2. The van der Waals surface area contributed by atoms with E-state index in [1.807, 2.05) is 6.92 Å². The molecule has 10 nitrogen and oxygen atoms in total. The number of ether oxygens (including phenoxy) is 1. The number of pyridine rings is 1. The smallest absolute Gasteiger partial charge is 0.319 e. The number of nitrogens with zero attached hydrogens (tertiary/aromatic N) is 7. The average Bonchev–Trinajstić information content (AvgIpc) is 3.90. The molecule has 6 heterocycles. The second-order valence-electron chi connectivity index (χ2n) is 14.7. The van der Waals surface area contributed by atoms with Crippen LogP contribution in [0.4, 0.5) is 19.0 Å². The predicted octanol–water partition coefficient (Wildman–Crippen LogP) is 6.35. The fourth-order valence-electron chi connectivity index (χ4n) is 9.55. The maximum Gasteiger partial charge on any atom is 0.319 e. The van der Waals surface area contributed by atoms with Crippen molar-refractivity contribution in [2.75, 3.05) is 37.7 Å². The Kier molecular flexibility index (Phi) is 7.68. The lowest BCUT2D eigenvalue weighted by molar-refractivity contribution is 0.0728. The molecule has 2 bridgehead atoms. The zero-order valence-electron chi connectivity index (χ0n) is 28.2. The van der Waals surface area contributed by atoms with E-state index in [1.54, 1.807) is 24.5 Å². The number of phenolic OH excluding ortho intramolecular Hbond substituents is 1. The van der Waals surface area contributed by atoms with Crippen molar-refractivity contribution in [1.29, 1.82) is 0 Å². The molecule has 0 radical (unpaired) electrons. The lowest BCUT2D eigenvalue weighted by Crippen LogP contribution is -2.46. The third-order valence-electron chi connectivity index (χ3n) is 11.8. The zero-order valence-corrected chi connectivity index (χ0v) is 28.2. The first-order valence-electron chi connectivity index (χ1n) is 17.8. The molecule has 4 fully saturated rings. The molecule has 51 heavy (non-hydrogen) atoms. The first-order chi connectivity index (χ1) is 24.7. The Morgan fingerprint density at radius 2 is 1.94 bits per heavy atom. The fourth-order valence-corrected chi connectivity index (χ4v) is 9.55. The molecule has 5 atom stereocenters. The van der Waals surface area contributed by atoms with Crippen molar-refractivity contribution >= 4 is 33.4 Å². The van der Waals surface area contributed by atoms with E-state index < -0.39 is 23.3 Å². The third kappa shape index (κ3) is 5.22. The molecule has 0 amide bonds. The summed E-state index contributed by atoms with van der Waals surface area (Å²) in [7, 11) is 0. The molecule has 3 saturated heterocycles. The Morgan fingerprint density at radius 3 is 2.71 bits per heavy atom. The molecular formula is C38H38F3N7O3. The normalized spacial score (nSPS) is 26.0. The van der Waals surface area contributed by atoms with E-state index in [4.69, 9.17) is 9.72 Å². The molecule has 3 aliphatic heterocycles. The average molecular weight is 698 g/mol. The SMILES string of the molecule is CCc1c(F)ccc2cc(O)cc(-c3ncc4c(N5C[C@H]6CC[C@@H](C5)C6C(=O)n5cccn5)nc(OC[C@@]56CCCN5C[C@H](F)C6)nc4c3F)c12. The number of hydrogen-bond acceptors (Lipinski definition) is 9. The van der Waals surface area contributed by atoms with Gasteiger partial charge >= 0.3 is 6.01 Å². The molecule has 1 aliphatic carbocycles. The summed E-state index contributed by atoms with van der Waals surface area (Å²) in [6.07, 6.45) is 8.03. The van der Waals surface area contributed by atoms with Crippen LogP contribution < -0.4 is 9.64 Å². The number of carbonyl (C=O) groups excluding carboxylic acids is 1. The van der Waals surface area contributed by atoms with Gasteiger partial charge in [0.25, 0.3) is 5.91 Å². The van der Waals surface area contributed by atoms with Gasteiger partial charge in [0.05, 0.1) is 10.9 Å². The molecule has 4 aliphatic rings. The van der Waals surface area contributed by atoms with Crippen molar-refractivity contribution in [1.82, 2.24) is 29.6 Å². The molecule has 1 unspecified atom stereocenters. The van der Waals surface area contributed by atoms with Crippen LogP contribution in [0.5, 0.6) is 11.8 Å². The molecule has 264 valence electrons. The lowest BCUT2D eigenvalue weighted by Gasteiger charge is -2.38. The highest BCUT2D eigenvalue weighted by molar-refractivity contribution is 6.01. The number of aromatic nitrogens is 5. The van der Waals surface area contributed by atoms with Crippen LogP contribution in [-0.4, -0.2) is 85.1 Å².